The lowest BCUT2D eigenvalue weighted by Crippen LogP contribution is -2.13. The molecule has 0 radical (unpaired) electrons. The van der Waals surface area contributed by atoms with E-state index < -0.39 is 0 Å². The van der Waals surface area contributed by atoms with Crippen molar-refractivity contribution >= 4 is 17.2 Å². The van der Waals surface area contributed by atoms with Crippen LogP contribution < -0.4 is 10.6 Å². The van der Waals surface area contributed by atoms with Gasteiger partial charge in [0, 0.05) is 18.4 Å². The van der Waals surface area contributed by atoms with Crippen molar-refractivity contribution in [1.29, 1.82) is 0 Å². The van der Waals surface area contributed by atoms with Crippen molar-refractivity contribution < 1.29 is 0 Å². The largest absolute Gasteiger partial charge is 0.396 e. The number of nitrogens with two attached hydrogens (primary N) is 1. The number of aryl methyl sites for hydroxylation is 2. The quantitative estimate of drug-likeness (QED) is 0.896. The highest BCUT2D eigenvalue weighted by Gasteiger charge is 2.09. The zero-order valence-electron chi connectivity index (χ0n) is 11.1. The molecule has 3 nitrogen and oxygen atoms in total. The van der Waals surface area contributed by atoms with Crippen LogP contribution in [0.4, 0.5) is 17.2 Å². The Bertz CT molecular complexity index is 532. The molecule has 1 heterocycles. The Morgan fingerprint density at radius 2 is 1.78 bits per heavy atom. The summed E-state index contributed by atoms with van der Waals surface area (Å²) in [6.45, 7) is 4.12. The van der Waals surface area contributed by atoms with E-state index in [4.69, 9.17) is 5.73 Å². The van der Waals surface area contributed by atoms with E-state index >= 15 is 0 Å². The minimum atomic E-state index is 0.697. The fourth-order valence-corrected chi connectivity index (χ4v) is 1.90. The lowest BCUT2D eigenvalue weighted by Gasteiger charge is -2.20. The maximum Gasteiger partial charge on any atom is 0.156 e. The van der Waals surface area contributed by atoms with Crippen LogP contribution in [0, 0.1) is 6.92 Å². The Labute approximate surface area is 108 Å². The molecule has 94 valence electrons. The fourth-order valence-electron chi connectivity index (χ4n) is 1.90. The number of anilines is 3. The standard InChI is InChI=1S/C15H19N3/c1-4-12-6-8-13(9-7-12)18(3)15-14(16)10-5-11(2)17-15/h5-10H,4,16H2,1-3H3. The second-order valence-corrected chi connectivity index (χ2v) is 4.44. The first kappa shape index (κ1) is 12.4. The minimum absolute atomic E-state index is 0.697. The van der Waals surface area contributed by atoms with E-state index in [0.29, 0.717) is 5.69 Å². The highest BCUT2D eigenvalue weighted by molar-refractivity contribution is 5.70. The molecule has 0 spiro atoms. The zero-order chi connectivity index (χ0) is 13.1. The van der Waals surface area contributed by atoms with E-state index in [1.54, 1.807) is 0 Å². The van der Waals surface area contributed by atoms with Gasteiger partial charge in [0.25, 0.3) is 0 Å². The number of hydrogen-bond donors (Lipinski definition) is 1. The van der Waals surface area contributed by atoms with Gasteiger partial charge in [0.05, 0.1) is 5.69 Å². The van der Waals surface area contributed by atoms with Gasteiger partial charge in [0.15, 0.2) is 5.82 Å². The topological polar surface area (TPSA) is 42.2 Å². The second kappa shape index (κ2) is 5.08. The fraction of sp³-hybridized carbons (Fsp3) is 0.267. The van der Waals surface area contributed by atoms with Gasteiger partial charge in [0.2, 0.25) is 0 Å². The Morgan fingerprint density at radius 3 is 2.39 bits per heavy atom. The molecule has 0 saturated heterocycles. The molecule has 0 aliphatic heterocycles. The summed E-state index contributed by atoms with van der Waals surface area (Å²) >= 11 is 0. The first-order valence-corrected chi connectivity index (χ1v) is 6.17. The molecule has 2 N–H and O–H groups in total. The molecule has 0 unspecified atom stereocenters. The monoisotopic (exact) mass is 241 g/mol. The Morgan fingerprint density at radius 1 is 1.11 bits per heavy atom. The van der Waals surface area contributed by atoms with Gasteiger partial charge >= 0.3 is 0 Å². The van der Waals surface area contributed by atoms with Crippen molar-refractivity contribution in [3.63, 3.8) is 0 Å². The van der Waals surface area contributed by atoms with Crippen molar-refractivity contribution in [2.75, 3.05) is 17.7 Å². The molecule has 0 saturated carbocycles. The van der Waals surface area contributed by atoms with Crippen LogP contribution in [0.5, 0.6) is 0 Å². The van der Waals surface area contributed by atoms with Gasteiger partial charge in [-0.1, -0.05) is 19.1 Å². The van der Waals surface area contributed by atoms with Crippen LogP contribution in [0.2, 0.25) is 0 Å². The normalized spacial score (nSPS) is 10.4. The molecule has 0 fully saturated rings. The van der Waals surface area contributed by atoms with Gasteiger partial charge in [-0.2, -0.15) is 0 Å². The molecule has 2 rings (SSSR count). The lowest BCUT2D eigenvalue weighted by atomic mass is 10.1. The maximum atomic E-state index is 5.98. The average molecular weight is 241 g/mol. The van der Waals surface area contributed by atoms with Crippen LogP contribution in [0.1, 0.15) is 18.2 Å². The smallest absolute Gasteiger partial charge is 0.156 e. The molecule has 0 bridgehead atoms. The molecular weight excluding hydrogens is 222 g/mol. The zero-order valence-corrected chi connectivity index (χ0v) is 11.1. The van der Waals surface area contributed by atoms with E-state index in [0.717, 1.165) is 23.6 Å². The van der Waals surface area contributed by atoms with Crippen LogP contribution in [0.3, 0.4) is 0 Å². The number of benzene rings is 1. The summed E-state index contributed by atoms with van der Waals surface area (Å²) < 4.78 is 0. The van der Waals surface area contributed by atoms with Crippen molar-refractivity contribution in [2.24, 2.45) is 0 Å². The Kier molecular flexibility index (Phi) is 3.51. The number of rotatable bonds is 3. The molecule has 0 aliphatic carbocycles. The summed E-state index contributed by atoms with van der Waals surface area (Å²) in [6.07, 6.45) is 1.05. The second-order valence-electron chi connectivity index (χ2n) is 4.44. The Hall–Kier alpha value is -2.03. The summed E-state index contributed by atoms with van der Waals surface area (Å²) in [7, 11) is 1.99. The number of pyridine rings is 1. The molecule has 18 heavy (non-hydrogen) atoms. The average Bonchev–Trinajstić information content (AvgIpc) is 2.41. The van der Waals surface area contributed by atoms with Crippen LogP contribution in [0.15, 0.2) is 36.4 Å². The summed E-state index contributed by atoms with van der Waals surface area (Å²) in [5.74, 6) is 0.805. The van der Waals surface area contributed by atoms with Crippen molar-refractivity contribution in [1.82, 2.24) is 4.98 Å². The maximum absolute atomic E-state index is 5.98. The number of hydrogen-bond acceptors (Lipinski definition) is 3. The SMILES string of the molecule is CCc1ccc(N(C)c2nc(C)ccc2N)cc1. The van der Waals surface area contributed by atoms with E-state index in [2.05, 4.69) is 36.2 Å². The predicted molar refractivity (Wildman–Crippen MR) is 77.3 cm³/mol. The van der Waals surface area contributed by atoms with E-state index in [1.165, 1.54) is 5.56 Å². The third-order valence-corrected chi connectivity index (χ3v) is 3.09. The van der Waals surface area contributed by atoms with Crippen molar-refractivity contribution in [3.05, 3.63) is 47.7 Å². The minimum Gasteiger partial charge on any atom is -0.396 e. The first-order chi connectivity index (χ1) is 8.61. The van der Waals surface area contributed by atoms with Crippen LogP contribution in [-0.4, -0.2) is 12.0 Å². The van der Waals surface area contributed by atoms with Gasteiger partial charge < -0.3 is 10.6 Å². The third-order valence-electron chi connectivity index (χ3n) is 3.09. The molecule has 1 aromatic heterocycles. The van der Waals surface area contributed by atoms with Crippen LogP contribution >= 0.6 is 0 Å². The lowest BCUT2D eigenvalue weighted by molar-refractivity contribution is 1.09. The Balaban J connectivity index is 2.34. The molecule has 0 atom stereocenters. The predicted octanol–water partition coefficient (Wildman–Crippen LogP) is 3.30. The third kappa shape index (κ3) is 2.45. The van der Waals surface area contributed by atoms with Gasteiger partial charge in [-0.05, 0) is 43.2 Å². The molecular formula is C15H19N3. The van der Waals surface area contributed by atoms with E-state index in [1.807, 2.05) is 31.0 Å². The van der Waals surface area contributed by atoms with Gasteiger partial charge in [0.1, 0.15) is 0 Å². The first-order valence-electron chi connectivity index (χ1n) is 6.17. The summed E-state index contributed by atoms with van der Waals surface area (Å²) in [5, 5.41) is 0. The molecule has 3 heteroatoms. The van der Waals surface area contributed by atoms with Crippen LogP contribution in [0.25, 0.3) is 0 Å². The van der Waals surface area contributed by atoms with E-state index in [-0.39, 0.29) is 0 Å². The van der Waals surface area contributed by atoms with Gasteiger partial charge in [-0.25, -0.2) is 4.98 Å². The summed E-state index contributed by atoms with van der Waals surface area (Å²) in [5.41, 5.74) is 10.1. The number of nitrogens with zero attached hydrogens (tertiary/aromatic N) is 2. The molecule has 0 amide bonds. The summed E-state index contributed by atoms with van der Waals surface area (Å²) in [4.78, 5) is 6.51. The molecule has 2 aromatic rings. The highest BCUT2D eigenvalue weighted by atomic mass is 15.2. The van der Waals surface area contributed by atoms with Crippen molar-refractivity contribution in [3.8, 4) is 0 Å². The summed E-state index contributed by atoms with van der Waals surface area (Å²) in [6, 6.07) is 12.3. The van der Waals surface area contributed by atoms with Gasteiger partial charge in [-0.3, -0.25) is 0 Å². The molecule has 0 aliphatic rings. The van der Waals surface area contributed by atoms with Crippen LogP contribution in [-0.2, 0) is 6.42 Å². The van der Waals surface area contributed by atoms with E-state index in [9.17, 15) is 0 Å². The number of nitrogen functional groups attached to an aromatic ring is 1. The number of aromatic nitrogens is 1. The van der Waals surface area contributed by atoms with Gasteiger partial charge in [-0.15, -0.1) is 0 Å². The highest BCUT2D eigenvalue weighted by Crippen LogP contribution is 2.27. The molecule has 1 aromatic carbocycles. The van der Waals surface area contributed by atoms with Crippen molar-refractivity contribution in [2.45, 2.75) is 20.3 Å².